The molecule has 4 nitrogen and oxygen atoms in total. The van der Waals surface area contributed by atoms with Crippen LogP contribution in [0.25, 0.3) is 0 Å². The van der Waals surface area contributed by atoms with Crippen LogP contribution in [-0.4, -0.2) is 43.7 Å². The number of hydrogen-bond acceptors (Lipinski definition) is 2. The lowest BCUT2D eigenvalue weighted by Gasteiger charge is -2.27. The van der Waals surface area contributed by atoms with Crippen LogP contribution in [0.1, 0.15) is 11.1 Å². The molecule has 1 saturated heterocycles. The molecular formula is C15H17F3IN3O. The van der Waals surface area contributed by atoms with E-state index in [1.54, 1.807) is 0 Å². The summed E-state index contributed by atoms with van der Waals surface area (Å²) in [5.41, 5.74) is 5.64. The van der Waals surface area contributed by atoms with E-state index in [0.717, 1.165) is 12.1 Å². The Morgan fingerprint density at radius 3 is 2.39 bits per heavy atom. The number of ether oxygens (including phenoxy) is 1. The van der Waals surface area contributed by atoms with Crippen LogP contribution in [0.2, 0.25) is 0 Å². The first-order valence-corrected chi connectivity index (χ1v) is 6.75. The molecule has 0 unspecified atom stereocenters. The first-order chi connectivity index (χ1) is 10.5. The summed E-state index contributed by atoms with van der Waals surface area (Å²) in [6.07, 6.45) is -4.33. The Labute approximate surface area is 149 Å². The normalized spacial score (nSPS) is 15.4. The number of halogens is 4. The van der Waals surface area contributed by atoms with E-state index in [2.05, 4.69) is 16.8 Å². The van der Waals surface area contributed by atoms with E-state index < -0.39 is 11.7 Å². The number of aliphatic imine (C=N–C) groups is 1. The van der Waals surface area contributed by atoms with Gasteiger partial charge < -0.3 is 15.4 Å². The molecule has 1 heterocycles. The Balaban J connectivity index is 0.00000264. The van der Waals surface area contributed by atoms with Gasteiger partial charge in [-0.05, 0) is 24.3 Å². The molecule has 126 valence electrons. The SMILES string of the molecule is I.NC(=NCC#Cc1ccc(C(F)(F)F)cc1)N1CCOCC1. The van der Waals surface area contributed by atoms with E-state index in [-0.39, 0.29) is 30.5 Å². The molecule has 2 rings (SSSR count). The Morgan fingerprint density at radius 1 is 1.22 bits per heavy atom. The summed E-state index contributed by atoms with van der Waals surface area (Å²) >= 11 is 0. The fourth-order valence-corrected chi connectivity index (χ4v) is 1.90. The molecule has 0 aliphatic carbocycles. The zero-order valence-corrected chi connectivity index (χ0v) is 14.6. The third-order valence-electron chi connectivity index (χ3n) is 3.10. The van der Waals surface area contributed by atoms with Crippen molar-refractivity contribution in [1.29, 1.82) is 0 Å². The maximum atomic E-state index is 12.4. The molecule has 2 N–H and O–H groups in total. The topological polar surface area (TPSA) is 50.8 Å². The van der Waals surface area contributed by atoms with Crippen molar-refractivity contribution in [1.82, 2.24) is 4.90 Å². The van der Waals surface area contributed by atoms with Crippen LogP contribution >= 0.6 is 24.0 Å². The highest BCUT2D eigenvalue weighted by atomic mass is 127. The predicted molar refractivity (Wildman–Crippen MR) is 92.6 cm³/mol. The van der Waals surface area contributed by atoms with Gasteiger partial charge in [0.15, 0.2) is 5.96 Å². The maximum absolute atomic E-state index is 12.4. The molecule has 0 saturated carbocycles. The highest BCUT2D eigenvalue weighted by Gasteiger charge is 2.29. The van der Waals surface area contributed by atoms with Crippen molar-refractivity contribution >= 4 is 29.9 Å². The van der Waals surface area contributed by atoms with Crippen molar-refractivity contribution in [3.63, 3.8) is 0 Å². The highest BCUT2D eigenvalue weighted by molar-refractivity contribution is 14.0. The number of guanidine groups is 1. The Bertz CT molecular complexity index is 585. The van der Waals surface area contributed by atoms with Crippen LogP contribution in [0.5, 0.6) is 0 Å². The summed E-state index contributed by atoms with van der Waals surface area (Å²) in [5, 5.41) is 0. The van der Waals surface area contributed by atoms with E-state index >= 15 is 0 Å². The van der Waals surface area contributed by atoms with Crippen LogP contribution in [-0.2, 0) is 10.9 Å². The summed E-state index contributed by atoms with van der Waals surface area (Å²) in [4.78, 5) is 6.04. The van der Waals surface area contributed by atoms with Crippen molar-refractivity contribution in [3.8, 4) is 11.8 Å². The number of benzene rings is 1. The van der Waals surface area contributed by atoms with E-state index in [1.807, 2.05) is 4.90 Å². The molecule has 0 aromatic heterocycles. The molecular weight excluding hydrogens is 422 g/mol. The molecule has 23 heavy (non-hydrogen) atoms. The van der Waals surface area contributed by atoms with Crippen LogP contribution in [0, 0.1) is 11.8 Å². The highest BCUT2D eigenvalue weighted by Crippen LogP contribution is 2.28. The maximum Gasteiger partial charge on any atom is 0.416 e. The van der Waals surface area contributed by atoms with Gasteiger partial charge in [0, 0.05) is 18.7 Å². The van der Waals surface area contributed by atoms with Crippen LogP contribution in [0.15, 0.2) is 29.3 Å². The molecule has 0 atom stereocenters. The van der Waals surface area contributed by atoms with Crippen LogP contribution in [0.4, 0.5) is 13.2 Å². The molecule has 0 amide bonds. The van der Waals surface area contributed by atoms with Gasteiger partial charge in [-0.2, -0.15) is 13.2 Å². The number of nitrogens with zero attached hydrogens (tertiary/aromatic N) is 2. The molecule has 0 bridgehead atoms. The van der Waals surface area contributed by atoms with E-state index in [4.69, 9.17) is 10.5 Å². The molecule has 1 aromatic rings. The minimum Gasteiger partial charge on any atom is -0.378 e. The van der Waals surface area contributed by atoms with Crippen molar-refractivity contribution in [3.05, 3.63) is 35.4 Å². The van der Waals surface area contributed by atoms with Crippen LogP contribution < -0.4 is 5.73 Å². The Morgan fingerprint density at radius 2 is 1.83 bits per heavy atom. The molecule has 0 spiro atoms. The quantitative estimate of drug-likeness (QED) is 0.317. The van der Waals surface area contributed by atoms with E-state index in [9.17, 15) is 13.2 Å². The monoisotopic (exact) mass is 439 g/mol. The van der Waals surface area contributed by atoms with Gasteiger partial charge >= 0.3 is 6.18 Å². The number of morpholine rings is 1. The lowest BCUT2D eigenvalue weighted by Crippen LogP contribution is -2.44. The van der Waals surface area contributed by atoms with Gasteiger partial charge in [-0.3, -0.25) is 0 Å². The van der Waals surface area contributed by atoms with E-state index in [1.165, 1.54) is 12.1 Å². The second-order valence-corrected chi connectivity index (χ2v) is 4.65. The van der Waals surface area contributed by atoms with Gasteiger partial charge in [0.05, 0.1) is 18.8 Å². The van der Waals surface area contributed by atoms with E-state index in [0.29, 0.717) is 37.8 Å². The fourth-order valence-electron chi connectivity index (χ4n) is 1.90. The molecule has 1 aromatic carbocycles. The van der Waals surface area contributed by atoms with Crippen molar-refractivity contribution < 1.29 is 17.9 Å². The average Bonchev–Trinajstić information content (AvgIpc) is 2.52. The van der Waals surface area contributed by atoms with Gasteiger partial charge in [-0.25, -0.2) is 4.99 Å². The zero-order valence-electron chi connectivity index (χ0n) is 12.3. The Kier molecular flexibility index (Phi) is 7.64. The molecule has 1 aliphatic rings. The van der Waals surface area contributed by atoms with Gasteiger partial charge in [-0.1, -0.05) is 11.8 Å². The molecule has 8 heteroatoms. The first-order valence-electron chi connectivity index (χ1n) is 6.75. The van der Waals surface area contributed by atoms with Crippen molar-refractivity contribution in [2.24, 2.45) is 10.7 Å². The second kappa shape index (κ2) is 8.98. The standard InChI is InChI=1S/C15H16F3N3O.HI/c16-15(17,18)13-5-3-12(4-6-13)2-1-7-20-14(19)21-8-10-22-11-9-21;/h3-6H,7-11H2,(H2,19,20);1H. The van der Waals surface area contributed by atoms with Gasteiger partial charge in [0.1, 0.15) is 6.54 Å². The minimum atomic E-state index is -4.33. The third kappa shape index (κ3) is 6.27. The Hall–Kier alpha value is -1.47. The summed E-state index contributed by atoms with van der Waals surface area (Å²) < 4.78 is 42.4. The lowest BCUT2D eigenvalue weighted by molar-refractivity contribution is -0.137. The summed E-state index contributed by atoms with van der Waals surface area (Å²) in [5.74, 6) is 5.94. The summed E-state index contributed by atoms with van der Waals surface area (Å²) in [6, 6.07) is 4.69. The first kappa shape index (κ1) is 19.6. The lowest BCUT2D eigenvalue weighted by atomic mass is 10.1. The largest absolute Gasteiger partial charge is 0.416 e. The number of hydrogen-bond donors (Lipinski definition) is 1. The number of nitrogens with two attached hydrogens (primary N) is 1. The van der Waals surface area contributed by atoms with Crippen LogP contribution in [0.3, 0.4) is 0 Å². The van der Waals surface area contributed by atoms with Gasteiger partial charge in [0.2, 0.25) is 0 Å². The average molecular weight is 439 g/mol. The second-order valence-electron chi connectivity index (χ2n) is 4.65. The number of rotatable bonds is 1. The predicted octanol–water partition coefficient (Wildman–Crippen LogP) is 2.32. The van der Waals surface area contributed by atoms with Crippen molar-refractivity contribution in [2.45, 2.75) is 6.18 Å². The fraction of sp³-hybridized carbons (Fsp3) is 0.400. The minimum absolute atomic E-state index is 0. The number of alkyl halides is 3. The molecule has 1 aliphatic heterocycles. The third-order valence-corrected chi connectivity index (χ3v) is 3.10. The van der Waals surface area contributed by atoms with Gasteiger partial charge in [-0.15, -0.1) is 24.0 Å². The molecule has 0 radical (unpaired) electrons. The summed E-state index contributed by atoms with van der Waals surface area (Å²) in [6.45, 7) is 2.83. The molecule has 1 fully saturated rings. The smallest absolute Gasteiger partial charge is 0.378 e. The van der Waals surface area contributed by atoms with Crippen molar-refractivity contribution in [2.75, 3.05) is 32.8 Å². The zero-order chi connectivity index (χ0) is 16.0. The van der Waals surface area contributed by atoms with Gasteiger partial charge in [0.25, 0.3) is 0 Å². The summed E-state index contributed by atoms with van der Waals surface area (Å²) in [7, 11) is 0.